The molecule has 2 rings (SSSR count). The van der Waals surface area contributed by atoms with Crippen molar-refractivity contribution in [3.8, 4) is 0 Å². The Morgan fingerprint density at radius 2 is 1.61 bits per heavy atom. The Bertz CT molecular complexity index is 599. The molecule has 1 aromatic rings. The van der Waals surface area contributed by atoms with Gasteiger partial charge in [0.2, 0.25) is 5.91 Å². The highest BCUT2D eigenvalue weighted by molar-refractivity contribution is 6.35. The van der Waals surface area contributed by atoms with E-state index in [1.165, 1.54) is 0 Å². The molecule has 0 radical (unpaired) electrons. The minimum absolute atomic E-state index is 0.0567. The minimum Gasteiger partial charge on any atom is -0.347 e. The monoisotopic (exact) mass is 318 g/mol. The number of carbonyl (C=O) groups is 4. The average Bonchev–Trinajstić information content (AvgIpc) is 3.35. The lowest BCUT2D eigenvalue weighted by molar-refractivity contribution is -0.141. The van der Waals surface area contributed by atoms with Gasteiger partial charge in [0.15, 0.2) is 0 Å². The molecule has 23 heavy (non-hydrogen) atoms. The van der Waals surface area contributed by atoms with Crippen molar-refractivity contribution >= 4 is 23.6 Å². The van der Waals surface area contributed by atoms with Crippen molar-refractivity contribution < 1.29 is 19.2 Å². The molecular weight excluding hydrogens is 300 g/mol. The smallest absolute Gasteiger partial charge is 0.327 e. The summed E-state index contributed by atoms with van der Waals surface area (Å²) in [6.45, 7) is -0.295. The van der Waals surface area contributed by atoms with Crippen molar-refractivity contribution in [1.29, 1.82) is 0 Å². The van der Waals surface area contributed by atoms with Crippen molar-refractivity contribution in [3.05, 3.63) is 35.9 Å². The summed E-state index contributed by atoms with van der Waals surface area (Å²) in [7, 11) is 0. The van der Waals surface area contributed by atoms with E-state index in [4.69, 9.17) is 0 Å². The Morgan fingerprint density at radius 1 is 0.913 bits per heavy atom. The Balaban J connectivity index is 1.61. The SMILES string of the molecule is O=C(Cc1ccccc1)NCC(=O)NNC(=O)C(=O)NC1CC1. The molecule has 122 valence electrons. The van der Waals surface area contributed by atoms with Gasteiger partial charge in [0.05, 0.1) is 13.0 Å². The average molecular weight is 318 g/mol. The summed E-state index contributed by atoms with van der Waals surface area (Å²) in [5, 5.41) is 4.91. The van der Waals surface area contributed by atoms with Crippen molar-refractivity contribution in [2.75, 3.05) is 6.54 Å². The van der Waals surface area contributed by atoms with Crippen LogP contribution in [0.2, 0.25) is 0 Å². The van der Waals surface area contributed by atoms with Gasteiger partial charge in [-0.2, -0.15) is 0 Å². The number of rotatable bonds is 5. The first-order valence-electron chi connectivity index (χ1n) is 7.25. The van der Waals surface area contributed by atoms with Crippen LogP contribution in [-0.4, -0.2) is 36.2 Å². The Hall–Kier alpha value is -2.90. The minimum atomic E-state index is -0.944. The number of hydrogen-bond donors (Lipinski definition) is 4. The molecule has 0 saturated heterocycles. The van der Waals surface area contributed by atoms with E-state index in [0.717, 1.165) is 18.4 Å². The maximum absolute atomic E-state index is 11.6. The fourth-order valence-electron chi connectivity index (χ4n) is 1.73. The van der Waals surface area contributed by atoms with Gasteiger partial charge in [-0.3, -0.25) is 30.0 Å². The second kappa shape index (κ2) is 7.92. The van der Waals surface area contributed by atoms with E-state index in [1.54, 1.807) is 12.1 Å². The fraction of sp³-hybridized carbons (Fsp3) is 0.333. The number of carbonyl (C=O) groups excluding carboxylic acids is 4. The van der Waals surface area contributed by atoms with Gasteiger partial charge < -0.3 is 10.6 Å². The Kier molecular flexibility index (Phi) is 5.67. The largest absolute Gasteiger partial charge is 0.347 e. The van der Waals surface area contributed by atoms with E-state index >= 15 is 0 Å². The maximum atomic E-state index is 11.6. The van der Waals surface area contributed by atoms with Gasteiger partial charge in [-0.05, 0) is 18.4 Å². The van der Waals surface area contributed by atoms with Crippen LogP contribution >= 0.6 is 0 Å². The third-order valence-corrected chi connectivity index (χ3v) is 3.09. The zero-order valence-corrected chi connectivity index (χ0v) is 12.4. The van der Waals surface area contributed by atoms with Crippen LogP contribution in [0.25, 0.3) is 0 Å². The van der Waals surface area contributed by atoms with E-state index < -0.39 is 17.7 Å². The first-order valence-corrected chi connectivity index (χ1v) is 7.25. The molecule has 1 aromatic carbocycles. The zero-order chi connectivity index (χ0) is 16.7. The van der Waals surface area contributed by atoms with E-state index in [1.807, 2.05) is 23.6 Å². The maximum Gasteiger partial charge on any atom is 0.327 e. The van der Waals surface area contributed by atoms with Crippen LogP contribution in [0.4, 0.5) is 0 Å². The van der Waals surface area contributed by atoms with E-state index in [-0.39, 0.29) is 24.9 Å². The zero-order valence-electron chi connectivity index (χ0n) is 12.4. The van der Waals surface area contributed by atoms with E-state index in [9.17, 15) is 19.2 Å². The third kappa shape index (κ3) is 6.16. The van der Waals surface area contributed by atoms with Gasteiger partial charge >= 0.3 is 11.8 Å². The van der Waals surface area contributed by atoms with Crippen LogP contribution in [0.15, 0.2) is 30.3 Å². The lowest BCUT2D eigenvalue weighted by Crippen LogP contribution is -2.51. The Morgan fingerprint density at radius 3 is 2.26 bits per heavy atom. The highest BCUT2D eigenvalue weighted by Crippen LogP contribution is 2.18. The molecule has 4 amide bonds. The molecule has 4 N–H and O–H groups in total. The highest BCUT2D eigenvalue weighted by atomic mass is 16.2. The van der Waals surface area contributed by atoms with Crippen LogP contribution in [0.5, 0.6) is 0 Å². The molecule has 0 aliphatic heterocycles. The summed E-state index contributed by atoms with van der Waals surface area (Å²) in [6, 6.07) is 9.14. The number of nitrogens with one attached hydrogen (secondary N) is 4. The van der Waals surface area contributed by atoms with Gasteiger partial charge in [-0.1, -0.05) is 30.3 Å². The number of amides is 4. The predicted octanol–water partition coefficient (Wildman–Crippen LogP) is -1.23. The van der Waals surface area contributed by atoms with E-state index in [0.29, 0.717) is 0 Å². The molecule has 0 spiro atoms. The van der Waals surface area contributed by atoms with Gasteiger partial charge in [-0.15, -0.1) is 0 Å². The van der Waals surface area contributed by atoms with Gasteiger partial charge in [0, 0.05) is 6.04 Å². The molecule has 0 bridgehead atoms. The third-order valence-electron chi connectivity index (χ3n) is 3.09. The second-order valence-corrected chi connectivity index (χ2v) is 5.19. The number of benzene rings is 1. The fourth-order valence-corrected chi connectivity index (χ4v) is 1.73. The number of hydrogen-bond acceptors (Lipinski definition) is 4. The van der Waals surface area contributed by atoms with E-state index in [2.05, 4.69) is 16.1 Å². The first-order chi connectivity index (χ1) is 11.0. The summed E-state index contributed by atoms with van der Waals surface area (Å²) >= 11 is 0. The molecule has 1 fully saturated rings. The number of hydrazine groups is 1. The molecule has 8 nitrogen and oxygen atoms in total. The summed E-state index contributed by atoms with van der Waals surface area (Å²) in [5.74, 6) is -2.68. The van der Waals surface area contributed by atoms with Crippen molar-refractivity contribution in [3.63, 3.8) is 0 Å². The summed E-state index contributed by atoms with van der Waals surface area (Å²) in [5.41, 5.74) is 4.88. The molecular formula is C15H18N4O4. The summed E-state index contributed by atoms with van der Waals surface area (Å²) in [6.07, 6.45) is 1.88. The topological polar surface area (TPSA) is 116 Å². The van der Waals surface area contributed by atoms with Crippen LogP contribution in [0, 0.1) is 0 Å². The van der Waals surface area contributed by atoms with Crippen molar-refractivity contribution in [2.24, 2.45) is 0 Å². The van der Waals surface area contributed by atoms with Gasteiger partial charge in [0.1, 0.15) is 0 Å². The second-order valence-electron chi connectivity index (χ2n) is 5.19. The Labute approximate surface area is 133 Å². The molecule has 0 aromatic heterocycles. The van der Waals surface area contributed by atoms with Crippen LogP contribution < -0.4 is 21.5 Å². The summed E-state index contributed by atoms with van der Waals surface area (Å²) < 4.78 is 0. The molecule has 0 unspecified atom stereocenters. The first kappa shape index (κ1) is 16.5. The molecule has 8 heteroatoms. The highest BCUT2D eigenvalue weighted by Gasteiger charge is 2.26. The molecule has 0 heterocycles. The van der Waals surface area contributed by atoms with Crippen molar-refractivity contribution in [2.45, 2.75) is 25.3 Å². The van der Waals surface area contributed by atoms with Crippen LogP contribution in [0.1, 0.15) is 18.4 Å². The predicted molar refractivity (Wildman–Crippen MR) is 80.6 cm³/mol. The van der Waals surface area contributed by atoms with Crippen LogP contribution in [-0.2, 0) is 25.6 Å². The van der Waals surface area contributed by atoms with Gasteiger partial charge in [-0.25, -0.2) is 0 Å². The lowest BCUT2D eigenvalue weighted by Gasteiger charge is -2.08. The summed E-state index contributed by atoms with van der Waals surface area (Å²) in [4.78, 5) is 45.8. The van der Waals surface area contributed by atoms with Crippen LogP contribution in [0.3, 0.4) is 0 Å². The molecule has 1 aliphatic rings. The molecule has 1 saturated carbocycles. The van der Waals surface area contributed by atoms with Gasteiger partial charge in [0.25, 0.3) is 5.91 Å². The standard InChI is InChI=1S/C15H18N4O4/c20-12(8-10-4-2-1-3-5-10)16-9-13(21)18-19-15(23)14(22)17-11-6-7-11/h1-5,11H,6-9H2,(H,16,20)(H,17,22)(H,18,21)(H,19,23). The quantitative estimate of drug-likeness (QED) is 0.402. The molecule has 1 aliphatic carbocycles. The molecule has 0 atom stereocenters. The van der Waals surface area contributed by atoms with Crippen molar-refractivity contribution in [1.82, 2.24) is 21.5 Å². The normalized spacial score (nSPS) is 12.9. The lowest BCUT2D eigenvalue weighted by atomic mass is 10.1.